The second-order valence-electron chi connectivity index (χ2n) is 9.15. The lowest BCUT2D eigenvalue weighted by Crippen LogP contribution is -2.43. The number of rotatable bonds is 13. The van der Waals surface area contributed by atoms with Gasteiger partial charge in [0.15, 0.2) is 0 Å². The summed E-state index contributed by atoms with van der Waals surface area (Å²) in [5, 5.41) is 0. The van der Waals surface area contributed by atoms with Gasteiger partial charge >= 0.3 is 0 Å². The zero-order chi connectivity index (χ0) is 23.5. The van der Waals surface area contributed by atoms with Crippen LogP contribution in [0.5, 0.6) is 0 Å². The Kier molecular flexibility index (Phi) is 10.6. The molecule has 0 aliphatic carbocycles. The second-order valence-corrected chi connectivity index (χ2v) is 11.1. The van der Waals surface area contributed by atoms with Crippen LogP contribution in [0.1, 0.15) is 57.4 Å². The Morgan fingerprint density at radius 3 is 2.33 bits per heavy atom. The van der Waals surface area contributed by atoms with Gasteiger partial charge < -0.3 is 9.64 Å². The number of sulfonamides is 1. The molecule has 2 saturated heterocycles. The van der Waals surface area contributed by atoms with E-state index in [1.165, 1.54) is 12.8 Å². The van der Waals surface area contributed by atoms with E-state index in [9.17, 15) is 13.2 Å². The normalized spacial score (nSPS) is 18.0. The van der Waals surface area contributed by atoms with Crippen molar-refractivity contribution in [2.24, 2.45) is 0 Å². The van der Waals surface area contributed by atoms with Crippen LogP contribution in [-0.4, -0.2) is 87.5 Å². The maximum atomic E-state index is 13.0. The Labute approximate surface area is 200 Å². The SMILES string of the molecule is CCCCCCN(CCN1CCOCC1)C(=O)CCc1ccc(S(=O)(=O)N2CCCC2)cc1. The fraction of sp³-hybridized carbons (Fsp3) is 0.720. The van der Waals surface area contributed by atoms with Crippen LogP contribution in [0.25, 0.3) is 0 Å². The van der Waals surface area contributed by atoms with Crippen LogP contribution in [-0.2, 0) is 26.0 Å². The number of morpholine rings is 1. The molecule has 2 heterocycles. The fourth-order valence-electron chi connectivity index (χ4n) is 4.49. The Morgan fingerprint density at radius 1 is 0.970 bits per heavy atom. The highest BCUT2D eigenvalue weighted by atomic mass is 32.2. The first kappa shape index (κ1) is 26.1. The zero-order valence-electron chi connectivity index (χ0n) is 20.2. The summed E-state index contributed by atoms with van der Waals surface area (Å²) in [5.74, 6) is 0.188. The van der Waals surface area contributed by atoms with E-state index in [1.54, 1.807) is 16.4 Å². The highest BCUT2D eigenvalue weighted by molar-refractivity contribution is 7.89. The number of carbonyl (C=O) groups is 1. The first-order valence-corrected chi connectivity index (χ1v) is 14.1. The van der Waals surface area contributed by atoms with E-state index in [0.29, 0.717) is 30.8 Å². The van der Waals surface area contributed by atoms with Crippen LogP contribution >= 0.6 is 0 Å². The molecule has 0 aromatic heterocycles. The van der Waals surface area contributed by atoms with Crippen molar-refractivity contribution in [2.45, 2.75) is 63.2 Å². The van der Waals surface area contributed by atoms with Gasteiger partial charge in [0, 0.05) is 52.2 Å². The van der Waals surface area contributed by atoms with Gasteiger partial charge in [0.1, 0.15) is 0 Å². The number of unbranched alkanes of at least 4 members (excludes halogenated alkanes) is 3. The lowest BCUT2D eigenvalue weighted by molar-refractivity contribution is -0.131. The van der Waals surface area contributed by atoms with Gasteiger partial charge in [-0.05, 0) is 43.4 Å². The molecule has 0 spiro atoms. The van der Waals surface area contributed by atoms with Crippen LogP contribution in [0, 0.1) is 0 Å². The van der Waals surface area contributed by atoms with Crippen molar-refractivity contribution < 1.29 is 17.9 Å². The van der Waals surface area contributed by atoms with E-state index in [-0.39, 0.29) is 5.91 Å². The number of ether oxygens (including phenoxy) is 1. The summed E-state index contributed by atoms with van der Waals surface area (Å²) in [6.45, 7) is 9.30. The Balaban J connectivity index is 1.51. The molecule has 33 heavy (non-hydrogen) atoms. The molecule has 0 radical (unpaired) electrons. The summed E-state index contributed by atoms with van der Waals surface area (Å²) in [6, 6.07) is 7.09. The predicted molar refractivity (Wildman–Crippen MR) is 131 cm³/mol. The van der Waals surface area contributed by atoms with Crippen molar-refractivity contribution in [1.29, 1.82) is 0 Å². The first-order chi connectivity index (χ1) is 16.0. The van der Waals surface area contributed by atoms with Crippen molar-refractivity contribution in [1.82, 2.24) is 14.1 Å². The minimum absolute atomic E-state index is 0.188. The van der Waals surface area contributed by atoms with Crippen molar-refractivity contribution in [3.63, 3.8) is 0 Å². The Hall–Kier alpha value is -1.48. The van der Waals surface area contributed by atoms with Gasteiger partial charge in [-0.25, -0.2) is 8.42 Å². The Bertz CT molecular complexity index is 817. The van der Waals surface area contributed by atoms with E-state index in [0.717, 1.165) is 77.2 Å². The highest BCUT2D eigenvalue weighted by Crippen LogP contribution is 2.21. The van der Waals surface area contributed by atoms with Gasteiger partial charge in [0.05, 0.1) is 18.1 Å². The lowest BCUT2D eigenvalue weighted by Gasteiger charge is -2.30. The van der Waals surface area contributed by atoms with Crippen molar-refractivity contribution >= 4 is 15.9 Å². The monoisotopic (exact) mass is 479 g/mol. The molecule has 2 aliphatic heterocycles. The van der Waals surface area contributed by atoms with Gasteiger partial charge in [-0.3, -0.25) is 9.69 Å². The molecule has 0 unspecified atom stereocenters. The molecule has 7 nitrogen and oxygen atoms in total. The van der Waals surface area contributed by atoms with Crippen LogP contribution in [0.3, 0.4) is 0 Å². The minimum Gasteiger partial charge on any atom is -0.379 e. The predicted octanol–water partition coefficient (Wildman–Crippen LogP) is 3.14. The largest absolute Gasteiger partial charge is 0.379 e. The molecule has 1 aromatic carbocycles. The standard InChI is InChI=1S/C25H41N3O4S/c1-2-3-4-5-14-27(18-17-26-19-21-32-22-20-26)25(29)13-10-23-8-11-24(12-9-23)33(30,31)28-15-6-7-16-28/h8-9,11-12H,2-7,10,13-22H2,1H3. The van der Waals surface area contributed by atoms with Crippen molar-refractivity contribution in [2.75, 3.05) is 59.0 Å². The lowest BCUT2D eigenvalue weighted by atomic mass is 10.1. The number of aryl methyl sites for hydroxylation is 1. The summed E-state index contributed by atoms with van der Waals surface area (Å²) in [7, 11) is -3.39. The molecular formula is C25H41N3O4S. The molecule has 0 bridgehead atoms. The third kappa shape index (κ3) is 8.05. The van der Waals surface area contributed by atoms with Crippen LogP contribution < -0.4 is 0 Å². The van der Waals surface area contributed by atoms with Gasteiger partial charge in [-0.1, -0.05) is 38.3 Å². The van der Waals surface area contributed by atoms with Gasteiger partial charge in [0.2, 0.25) is 15.9 Å². The number of carbonyl (C=O) groups excluding carboxylic acids is 1. The molecule has 3 rings (SSSR count). The van der Waals surface area contributed by atoms with Gasteiger partial charge in [-0.2, -0.15) is 4.31 Å². The average Bonchev–Trinajstić information content (AvgIpc) is 3.39. The summed E-state index contributed by atoms with van der Waals surface area (Å²) < 4.78 is 32.4. The maximum Gasteiger partial charge on any atom is 0.243 e. The third-order valence-corrected chi connectivity index (χ3v) is 8.59. The van der Waals surface area contributed by atoms with Gasteiger partial charge in [0.25, 0.3) is 0 Å². The van der Waals surface area contributed by atoms with E-state index in [2.05, 4.69) is 11.8 Å². The minimum atomic E-state index is -3.39. The topological polar surface area (TPSA) is 70.2 Å². The summed E-state index contributed by atoms with van der Waals surface area (Å²) in [5.41, 5.74) is 1.00. The summed E-state index contributed by atoms with van der Waals surface area (Å²) >= 11 is 0. The number of benzene rings is 1. The molecule has 0 saturated carbocycles. The van der Waals surface area contributed by atoms with E-state index in [4.69, 9.17) is 4.74 Å². The van der Waals surface area contributed by atoms with Gasteiger partial charge in [-0.15, -0.1) is 0 Å². The zero-order valence-corrected chi connectivity index (χ0v) is 21.0. The molecule has 0 atom stereocenters. The van der Waals surface area contributed by atoms with Crippen LogP contribution in [0.4, 0.5) is 0 Å². The number of hydrogen-bond acceptors (Lipinski definition) is 5. The summed E-state index contributed by atoms with van der Waals surface area (Å²) in [4.78, 5) is 17.8. The van der Waals surface area contributed by atoms with Crippen LogP contribution in [0.15, 0.2) is 29.2 Å². The molecule has 2 aliphatic rings. The first-order valence-electron chi connectivity index (χ1n) is 12.7. The number of hydrogen-bond donors (Lipinski definition) is 0. The molecular weight excluding hydrogens is 438 g/mol. The molecule has 1 amide bonds. The van der Waals surface area contributed by atoms with E-state index in [1.807, 2.05) is 17.0 Å². The molecule has 0 N–H and O–H groups in total. The quantitative estimate of drug-likeness (QED) is 0.407. The number of amides is 1. The van der Waals surface area contributed by atoms with E-state index >= 15 is 0 Å². The second kappa shape index (κ2) is 13.4. The summed E-state index contributed by atoms with van der Waals surface area (Å²) in [6.07, 6.45) is 7.54. The van der Waals surface area contributed by atoms with E-state index < -0.39 is 10.0 Å². The fourth-order valence-corrected chi connectivity index (χ4v) is 6.01. The van der Waals surface area contributed by atoms with Crippen molar-refractivity contribution in [3.8, 4) is 0 Å². The Morgan fingerprint density at radius 2 is 1.67 bits per heavy atom. The molecule has 2 fully saturated rings. The maximum absolute atomic E-state index is 13.0. The molecule has 1 aromatic rings. The average molecular weight is 480 g/mol. The smallest absolute Gasteiger partial charge is 0.243 e. The van der Waals surface area contributed by atoms with Crippen LogP contribution in [0.2, 0.25) is 0 Å². The van der Waals surface area contributed by atoms with Crippen molar-refractivity contribution in [3.05, 3.63) is 29.8 Å². The molecule has 186 valence electrons. The molecule has 8 heteroatoms. The highest BCUT2D eigenvalue weighted by Gasteiger charge is 2.27. The number of nitrogens with zero attached hydrogens (tertiary/aromatic N) is 3. The third-order valence-electron chi connectivity index (χ3n) is 6.68.